The summed E-state index contributed by atoms with van der Waals surface area (Å²) in [5.74, 6) is -0.325. The molecule has 3 unspecified atom stereocenters. The summed E-state index contributed by atoms with van der Waals surface area (Å²) in [6.45, 7) is -0.140. The normalized spacial score (nSPS) is 27.3. The number of hydrogen-bond acceptors (Lipinski definition) is 4. The first-order valence-corrected chi connectivity index (χ1v) is 7.73. The van der Waals surface area contributed by atoms with Gasteiger partial charge < -0.3 is 14.7 Å². The van der Waals surface area contributed by atoms with Gasteiger partial charge in [0.05, 0.1) is 6.20 Å². The fourth-order valence-corrected chi connectivity index (χ4v) is 3.69. The quantitative estimate of drug-likeness (QED) is 0.916. The maximum Gasteiger partial charge on any atom is 0.326 e. The van der Waals surface area contributed by atoms with Crippen LogP contribution in [0.5, 0.6) is 5.75 Å². The van der Waals surface area contributed by atoms with E-state index in [0.717, 1.165) is 25.7 Å². The molecule has 6 nitrogen and oxygen atoms in total. The molecule has 22 heavy (non-hydrogen) atoms. The number of hydrogen-bond donors (Lipinski definition) is 1. The molecular formula is C16H20N2O4. The van der Waals surface area contributed by atoms with Crippen molar-refractivity contribution in [3.63, 3.8) is 0 Å². The number of rotatable bonds is 4. The summed E-state index contributed by atoms with van der Waals surface area (Å²) in [4.78, 5) is 29.5. The van der Waals surface area contributed by atoms with Gasteiger partial charge in [0.2, 0.25) is 0 Å². The number of carboxylic acids is 1. The SMILES string of the molecule is O=C(O)C1CC2CCCCC2N1C(=O)COc1cccnc1. The van der Waals surface area contributed by atoms with Gasteiger partial charge in [-0.1, -0.05) is 12.8 Å². The van der Waals surface area contributed by atoms with Crippen LogP contribution in [0.25, 0.3) is 0 Å². The predicted octanol–water partition coefficient (Wildman–Crippen LogP) is 1.70. The Hall–Kier alpha value is -2.11. The highest BCUT2D eigenvalue weighted by Gasteiger charge is 2.47. The van der Waals surface area contributed by atoms with Gasteiger partial charge in [-0.2, -0.15) is 0 Å². The number of fused-ring (bicyclic) bond motifs is 1. The molecule has 0 spiro atoms. The molecule has 1 saturated heterocycles. The second-order valence-electron chi connectivity index (χ2n) is 5.98. The van der Waals surface area contributed by atoms with Gasteiger partial charge in [0.25, 0.3) is 5.91 Å². The summed E-state index contributed by atoms with van der Waals surface area (Å²) in [5.41, 5.74) is 0. The van der Waals surface area contributed by atoms with Crippen LogP contribution < -0.4 is 4.74 Å². The molecule has 0 aromatic carbocycles. The first-order valence-electron chi connectivity index (χ1n) is 7.73. The van der Waals surface area contributed by atoms with E-state index in [1.165, 1.54) is 6.20 Å². The zero-order chi connectivity index (χ0) is 15.5. The van der Waals surface area contributed by atoms with E-state index in [9.17, 15) is 14.7 Å². The Morgan fingerprint density at radius 2 is 2.18 bits per heavy atom. The number of pyridine rings is 1. The first-order chi connectivity index (χ1) is 10.7. The van der Waals surface area contributed by atoms with Crippen molar-refractivity contribution in [2.75, 3.05) is 6.61 Å². The van der Waals surface area contributed by atoms with Crippen molar-refractivity contribution in [1.29, 1.82) is 0 Å². The lowest BCUT2D eigenvalue weighted by atomic mass is 9.85. The molecule has 1 aliphatic carbocycles. The average Bonchev–Trinajstić information content (AvgIpc) is 2.93. The number of ether oxygens (including phenoxy) is 1. The van der Waals surface area contributed by atoms with E-state index in [1.54, 1.807) is 23.2 Å². The Morgan fingerprint density at radius 1 is 1.36 bits per heavy atom. The molecule has 1 amide bonds. The number of carbonyl (C=O) groups is 2. The molecule has 1 aromatic heterocycles. The molecule has 1 saturated carbocycles. The van der Waals surface area contributed by atoms with Crippen LogP contribution in [0.1, 0.15) is 32.1 Å². The maximum atomic E-state index is 12.5. The van der Waals surface area contributed by atoms with E-state index >= 15 is 0 Å². The van der Waals surface area contributed by atoms with Crippen molar-refractivity contribution in [2.24, 2.45) is 5.92 Å². The summed E-state index contributed by atoms with van der Waals surface area (Å²) < 4.78 is 5.44. The van der Waals surface area contributed by atoms with Crippen molar-refractivity contribution in [3.05, 3.63) is 24.5 Å². The highest BCUT2D eigenvalue weighted by atomic mass is 16.5. The minimum atomic E-state index is -0.913. The van der Waals surface area contributed by atoms with E-state index in [4.69, 9.17) is 4.74 Å². The molecule has 118 valence electrons. The smallest absolute Gasteiger partial charge is 0.326 e. The van der Waals surface area contributed by atoms with Crippen LogP contribution in [0.15, 0.2) is 24.5 Å². The summed E-state index contributed by atoms with van der Waals surface area (Å²) in [6.07, 6.45) is 7.83. The minimum Gasteiger partial charge on any atom is -0.482 e. The van der Waals surface area contributed by atoms with Gasteiger partial charge in [-0.15, -0.1) is 0 Å². The van der Waals surface area contributed by atoms with Gasteiger partial charge in [-0.25, -0.2) is 4.79 Å². The molecule has 2 fully saturated rings. The topological polar surface area (TPSA) is 79.7 Å². The van der Waals surface area contributed by atoms with Crippen molar-refractivity contribution in [2.45, 2.75) is 44.2 Å². The van der Waals surface area contributed by atoms with Gasteiger partial charge in [-0.05, 0) is 37.3 Å². The molecule has 2 heterocycles. The lowest BCUT2D eigenvalue weighted by molar-refractivity contribution is -0.150. The third kappa shape index (κ3) is 2.91. The van der Waals surface area contributed by atoms with E-state index in [1.807, 2.05) is 0 Å². The number of likely N-dealkylation sites (tertiary alicyclic amines) is 1. The van der Waals surface area contributed by atoms with Gasteiger partial charge >= 0.3 is 5.97 Å². The highest BCUT2D eigenvalue weighted by molar-refractivity contribution is 5.85. The minimum absolute atomic E-state index is 0.0554. The van der Waals surface area contributed by atoms with Gasteiger partial charge in [0.1, 0.15) is 11.8 Å². The molecule has 6 heteroatoms. The van der Waals surface area contributed by atoms with Crippen molar-refractivity contribution < 1.29 is 19.4 Å². The third-order valence-corrected chi connectivity index (χ3v) is 4.66. The van der Waals surface area contributed by atoms with Crippen LogP contribution in [0.2, 0.25) is 0 Å². The molecule has 3 atom stereocenters. The average molecular weight is 304 g/mol. The molecule has 1 aromatic rings. The maximum absolute atomic E-state index is 12.5. The summed E-state index contributed by atoms with van der Waals surface area (Å²) in [5, 5.41) is 9.42. The number of aromatic nitrogens is 1. The van der Waals surface area contributed by atoms with Gasteiger partial charge in [0, 0.05) is 12.2 Å². The molecule has 0 radical (unpaired) electrons. The van der Waals surface area contributed by atoms with E-state index in [0.29, 0.717) is 18.1 Å². The van der Waals surface area contributed by atoms with Gasteiger partial charge in [-0.3, -0.25) is 9.78 Å². The summed E-state index contributed by atoms with van der Waals surface area (Å²) in [7, 11) is 0. The van der Waals surface area contributed by atoms with Crippen molar-refractivity contribution >= 4 is 11.9 Å². The highest BCUT2D eigenvalue weighted by Crippen LogP contribution is 2.39. The molecule has 1 aliphatic heterocycles. The number of carbonyl (C=O) groups excluding carboxylic acids is 1. The molecule has 3 rings (SSSR count). The Balaban J connectivity index is 1.69. The Bertz CT molecular complexity index is 548. The number of amides is 1. The zero-order valence-electron chi connectivity index (χ0n) is 12.4. The van der Waals surface area contributed by atoms with E-state index in [2.05, 4.69) is 4.98 Å². The first kappa shape index (κ1) is 14.8. The molecule has 0 bridgehead atoms. The van der Waals surface area contributed by atoms with E-state index in [-0.39, 0.29) is 18.6 Å². The largest absolute Gasteiger partial charge is 0.482 e. The van der Waals surface area contributed by atoms with Crippen LogP contribution in [-0.4, -0.2) is 45.6 Å². The van der Waals surface area contributed by atoms with Gasteiger partial charge in [0.15, 0.2) is 6.61 Å². The number of aliphatic carboxylic acids is 1. The molecular weight excluding hydrogens is 284 g/mol. The second kappa shape index (κ2) is 6.34. The fourth-order valence-electron chi connectivity index (χ4n) is 3.69. The zero-order valence-corrected chi connectivity index (χ0v) is 12.4. The number of carboxylic acid groups (broad SMARTS) is 1. The Kier molecular flexibility index (Phi) is 4.27. The number of nitrogens with zero attached hydrogens (tertiary/aromatic N) is 2. The van der Waals surface area contributed by atoms with Crippen LogP contribution in [0.4, 0.5) is 0 Å². The van der Waals surface area contributed by atoms with Crippen molar-refractivity contribution in [3.8, 4) is 5.75 Å². The van der Waals surface area contributed by atoms with Crippen molar-refractivity contribution in [1.82, 2.24) is 9.88 Å². The second-order valence-corrected chi connectivity index (χ2v) is 5.98. The fraction of sp³-hybridized carbons (Fsp3) is 0.562. The monoisotopic (exact) mass is 304 g/mol. The lowest BCUT2D eigenvalue weighted by Crippen LogP contribution is -2.48. The van der Waals surface area contributed by atoms with Crippen LogP contribution in [-0.2, 0) is 9.59 Å². The summed E-state index contributed by atoms with van der Waals surface area (Å²) >= 11 is 0. The lowest BCUT2D eigenvalue weighted by Gasteiger charge is -2.32. The molecule has 1 N–H and O–H groups in total. The van der Waals surface area contributed by atoms with Crippen LogP contribution in [0.3, 0.4) is 0 Å². The Morgan fingerprint density at radius 3 is 2.91 bits per heavy atom. The third-order valence-electron chi connectivity index (χ3n) is 4.66. The van der Waals surface area contributed by atoms with Crippen LogP contribution >= 0.6 is 0 Å². The van der Waals surface area contributed by atoms with E-state index < -0.39 is 12.0 Å². The van der Waals surface area contributed by atoms with Crippen LogP contribution in [0, 0.1) is 5.92 Å². The standard InChI is InChI=1S/C16H20N2O4/c19-15(10-22-12-5-3-7-17-9-12)18-13-6-2-1-4-11(13)8-14(18)16(20)21/h3,5,7,9,11,13-14H,1-2,4,6,8,10H2,(H,20,21). The predicted molar refractivity (Wildman–Crippen MR) is 78.4 cm³/mol. The Labute approximate surface area is 129 Å². The molecule has 2 aliphatic rings. The summed E-state index contributed by atoms with van der Waals surface area (Å²) in [6, 6.07) is 2.80.